The summed E-state index contributed by atoms with van der Waals surface area (Å²) in [6.07, 6.45) is 1.52. The molecule has 22 heavy (non-hydrogen) atoms. The van der Waals surface area contributed by atoms with E-state index < -0.39 is 0 Å². The van der Waals surface area contributed by atoms with Crippen molar-refractivity contribution in [3.63, 3.8) is 0 Å². The summed E-state index contributed by atoms with van der Waals surface area (Å²) < 4.78 is 7.10. The number of para-hydroxylation sites is 1. The molecule has 0 radical (unpaired) electrons. The lowest BCUT2D eigenvalue weighted by Gasteiger charge is -2.10. The summed E-state index contributed by atoms with van der Waals surface area (Å²) >= 11 is 12.0. The van der Waals surface area contributed by atoms with Gasteiger partial charge in [0, 0.05) is 0 Å². The first-order chi connectivity index (χ1) is 10.7. The zero-order valence-electron chi connectivity index (χ0n) is 11.5. The van der Waals surface area contributed by atoms with Crippen LogP contribution < -0.4 is 10.3 Å². The number of benzene rings is 2. The Bertz CT molecular complexity index is 877. The summed E-state index contributed by atoms with van der Waals surface area (Å²) in [5.74, 6) is 0.496. The molecule has 1 heterocycles. The zero-order chi connectivity index (χ0) is 15.5. The lowest BCUT2D eigenvalue weighted by Crippen LogP contribution is -2.23. The van der Waals surface area contributed by atoms with Crippen molar-refractivity contribution < 1.29 is 4.74 Å². The van der Waals surface area contributed by atoms with Crippen molar-refractivity contribution in [2.24, 2.45) is 0 Å². The van der Waals surface area contributed by atoms with Gasteiger partial charge in [0.1, 0.15) is 17.4 Å². The summed E-state index contributed by atoms with van der Waals surface area (Å²) in [6, 6.07) is 12.4. The molecule has 0 N–H and O–H groups in total. The van der Waals surface area contributed by atoms with E-state index in [1.807, 2.05) is 18.2 Å². The van der Waals surface area contributed by atoms with Crippen LogP contribution in [-0.4, -0.2) is 16.2 Å². The highest BCUT2D eigenvalue weighted by Crippen LogP contribution is 2.31. The lowest BCUT2D eigenvalue weighted by molar-refractivity contribution is 0.296. The fourth-order valence-electron chi connectivity index (χ4n) is 2.11. The molecule has 4 nitrogen and oxygen atoms in total. The van der Waals surface area contributed by atoms with Crippen LogP contribution in [0, 0.1) is 0 Å². The molecule has 0 bridgehead atoms. The second-order valence-corrected chi connectivity index (χ2v) is 5.45. The number of ether oxygens (including phenoxy) is 1. The third-order valence-electron chi connectivity index (χ3n) is 3.24. The van der Waals surface area contributed by atoms with Crippen LogP contribution in [0.5, 0.6) is 5.75 Å². The molecule has 0 aliphatic heterocycles. The Morgan fingerprint density at radius 3 is 2.77 bits per heavy atom. The molecule has 0 amide bonds. The third kappa shape index (κ3) is 2.93. The number of halogens is 2. The van der Waals surface area contributed by atoms with Gasteiger partial charge in [0.05, 0.1) is 28.8 Å². The molecule has 112 valence electrons. The number of rotatable bonds is 4. The summed E-state index contributed by atoms with van der Waals surface area (Å²) in [4.78, 5) is 16.6. The maximum Gasteiger partial charge on any atom is 0.261 e. The highest BCUT2D eigenvalue weighted by molar-refractivity contribution is 6.42. The van der Waals surface area contributed by atoms with Crippen LogP contribution in [0.4, 0.5) is 0 Å². The van der Waals surface area contributed by atoms with E-state index in [1.54, 1.807) is 24.3 Å². The summed E-state index contributed by atoms with van der Waals surface area (Å²) in [6.45, 7) is 0.666. The first-order valence-corrected chi connectivity index (χ1v) is 7.43. The Hall–Kier alpha value is -2.04. The third-order valence-corrected chi connectivity index (χ3v) is 4.04. The van der Waals surface area contributed by atoms with Gasteiger partial charge < -0.3 is 4.74 Å². The summed E-state index contributed by atoms with van der Waals surface area (Å²) in [5.41, 5.74) is 0.592. The van der Waals surface area contributed by atoms with Crippen molar-refractivity contribution in [3.8, 4) is 5.75 Å². The molecule has 0 spiro atoms. The Morgan fingerprint density at radius 2 is 1.91 bits per heavy atom. The Labute approximate surface area is 136 Å². The molecule has 0 unspecified atom stereocenters. The van der Waals surface area contributed by atoms with Crippen molar-refractivity contribution in [2.75, 3.05) is 6.61 Å². The van der Waals surface area contributed by atoms with E-state index in [9.17, 15) is 4.79 Å². The Morgan fingerprint density at radius 1 is 1.09 bits per heavy atom. The number of nitrogens with zero attached hydrogens (tertiary/aromatic N) is 2. The van der Waals surface area contributed by atoms with Gasteiger partial charge in [-0.3, -0.25) is 9.36 Å². The lowest BCUT2D eigenvalue weighted by atomic mass is 10.2. The number of hydrogen-bond donors (Lipinski definition) is 0. The molecule has 6 heteroatoms. The van der Waals surface area contributed by atoms with Gasteiger partial charge in [0.2, 0.25) is 0 Å². The highest BCUT2D eigenvalue weighted by Gasteiger charge is 2.06. The van der Waals surface area contributed by atoms with E-state index in [-0.39, 0.29) is 5.56 Å². The first kappa shape index (κ1) is 14.9. The van der Waals surface area contributed by atoms with E-state index in [2.05, 4.69) is 4.98 Å². The van der Waals surface area contributed by atoms with Gasteiger partial charge in [-0.15, -0.1) is 0 Å². The molecule has 0 aliphatic rings. The topological polar surface area (TPSA) is 44.1 Å². The Kier molecular flexibility index (Phi) is 4.32. The molecule has 3 aromatic rings. The van der Waals surface area contributed by atoms with E-state index in [0.29, 0.717) is 39.8 Å². The summed E-state index contributed by atoms with van der Waals surface area (Å²) in [7, 11) is 0. The van der Waals surface area contributed by atoms with Crippen molar-refractivity contribution in [3.05, 3.63) is 69.2 Å². The van der Waals surface area contributed by atoms with Gasteiger partial charge in [-0.05, 0) is 24.3 Å². The summed E-state index contributed by atoms with van der Waals surface area (Å²) in [5, 5.41) is 1.39. The number of fused-ring (bicyclic) bond motifs is 1. The quantitative estimate of drug-likeness (QED) is 0.729. The van der Waals surface area contributed by atoms with Gasteiger partial charge >= 0.3 is 0 Å². The molecule has 2 aromatic carbocycles. The molecule has 0 atom stereocenters. The molecule has 3 rings (SSSR count). The standard InChI is InChI=1S/C16H12Cl2N2O2/c17-12-5-3-7-14(15(12)18)22-9-8-20-10-19-13-6-2-1-4-11(13)16(20)21/h1-7,10H,8-9H2. The molecule has 0 fully saturated rings. The van der Waals surface area contributed by atoms with E-state index >= 15 is 0 Å². The first-order valence-electron chi connectivity index (χ1n) is 6.68. The minimum atomic E-state index is -0.0913. The molecule has 0 saturated carbocycles. The van der Waals surface area contributed by atoms with E-state index in [1.165, 1.54) is 10.9 Å². The smallest absolute Gasteiger partial charge is 0.261 e. The van der Waals surface area contributed by atoms with Crippen LogP contribution in [-0.2, 0) is 6.54 Å². The SMILES string of the molecule is O=c1c2ccccc2ncn1CCOc1cccc(Cl)c1Cl. The molecular formula is C16H12Cl2N2O2. The van der Waals surface area contributed by atoms with Crippen LogP contribution in [0.15, 0.2) is 53.6 Å². The maximum absolute atomic E-state index is 12.3. The molecule has 0 saturated heterocycles. The minimum Gasteiger partial charge on any atom is -0.490 e. The molecule has 1 aromatic heterocycles. The van der Waals surface area contributed by atoms with Crippen LogP contribution >= 0.6 is 23.2 Å². The monoisotopic (exact) mass is 334 g/mol. The fraction of sp³-hybridized carbons (Fsp3) is 0.125. The highest BCUT2D eigenvalue weighted by atomic mass is 35.5. The maximum atomic E-state index is 12.3. The van der Waals surface area contributed by atoms with Crippen molar-refractivity contribution in [1.29, 1.82) is 0 Å². The Balaban J connectivity index is 1.76. The minimum absolute atomic E-state index is 0.0913. The van der Waals surface area contributed by atoms with Crippen molar-refractivity contribution in [2.45, 2.75) is 6.54 Å². The van der Waals surface area contributed by atoms with Gasteiger partial charge in [-0.1, -0.05) is 41.4 Å². The van der Waals surface area contributed by atoms with Crippen LogP contribution in [0.3, 0.4) is 0 Å². The molecular weight excluding hydrogens is 323 g/mol. The predicted molar refractivity (Wildman–Crippen MR) is 88.0 cm³/mol. The van der Waals surface area contributed by atoms with E-state index in [0.717, 1.165) is 0 Å². The average Bonchev–Trinajstić information content (AvgIpc) is 2.54. The normalized spacial score (nSPS) is 10.8. The van der Waals surface area contributed by atoms with Crippen LogP contribution in [0.25, 0.3) is 10.9 Å². The number of aromatic nitrogens is 2. The van der Waals surface area contributed by atoms with E-state index in [4.69, 9.17) is 27.9 Å². The average molecular weight is 335 g/mol. The second kappa shape index (κ2) is 6.38. The van der Waals surface area contributed by atoms with Gasteiger partial charge in [0.25, 0.3) is 5.56 Å². The van der Waals surface area contributed by atoms with Gasteiger partial charge in [-0.2, -0.15) is 0 Å². The molecule has 0 aliphatic carbocycles. The largest absolute Gasteiger partial charge is 0.490 e. The number of hydrogen-bond acceptors (Lipinski definition) is 3. The van der Waals surface area contributed by atoms with Crippen LogP contribution in [0.2, 0.25) is 10.0 Å². The van der Waals surface area contributed by atoms with Gasteiger partial charge in [0.15, 0.2) is 0 Å². The van der Waals surface area contributed by atoms with Gasteiger partial charge in [-0.25, -0.2) is 4.98 Å². The zero-order valence-corrected chi connectivity index (χ0v) is 13.0. The van der Waals surface area contributed by atoms with Crippen molar-refractivity contribution in [1.82, 2.24) is 9.55 Å². The van der Waals surface area contributed by atoms with Crippen LogP contribution in [0.1, 0.15) is 0 Å². The van der Waals surface area contributed by atoms with Crippen molar-refractivity contribution >= 4 is 34.1 Å². The predicted octanol–water partition coefficient (Wildman–Crippen LogP) is 3.78. The second-order valence-electron chi connectivity index (χ2n) is 4.66. The fourth-order valence-corrected chi connectivity index (χ4v) is 2.46.